The van der Waals surface area contributed by atoms with Gasteiger partial charge in [0.15, 0.2) is 5.76 Å². The maximum Gasteiger partial charge on any atom is 0.310 e. The summed E-state index contributed by atoms with van der Waals surface area (Å²) in [6, 6.07) is 11.9. The molecule has 122 valence electrons. The minimum Gasteiger partial charge on any atom is -0.469 e. The highest BCUT2D eigenvalue weighted by Gasteiger charge is 2.25. The Morgan fingerprint density at radius 3 is 2.52 bits per heavy atom. The van der Waals surface area contributed by atoms with Crippen LogP contribution in [0.2, 0.25) is 0 Å². The van der Waals surface area contributed by atoms with E-state index in [1.54, 1.807) is 31.2 Å². The molecule has 0 aliphatic carbocycles. The van der Waals surface area contributed by atoms with Crippen molar-refractivity contribution in [3.05, 3.63) is 54.0 Å². The lowest BCUT2D eigenvalue weighted by Gasteiger charge is -2.16. The lowest BCUT2D eigenvalue weighted by Crippen LogP contribution is -2.35. The highest BCUT2D eigenvalue weighted by molar-refractivity contribution is 6.02. The number of ether oxygens (including phenoxy) is 1. The third-order valence-corrected chi connectivity index (χ3v) is 3.48. The van der Waals surface area contributed by atoms with Crippen LogP contribution in [-0.4, -0.2) is 25.0 Å². The van der Waals surface area contributed by atoms with Crippen molar-refractivity contribution in [2.75, 3.05) is 12.4 Å². The van der Waals surface area contributed by atoms with Gasteiger partial charge in [0.2, 0.25) is 0 Å². The zero-order valence-electron chi connectivity index (χ0n) is 13.1. The quantitative estimate of drug-likeness (QED) is 0.797. The van der Waals surface area contributed by atoms with Gasteiger partial charge >= 0.3 is 5.97 Å². The number of nitrogens with one attached hydrogen (secondary N) is 1. The molecule has 2 atom stereocenters. The first-order valence-corrected chi connectivity index (χ1v) is 7.29. The number of para-hydroxylation sites is 1. The van der Waals surface area contributed by atoms with Gasteiger partial charge in [-0.2, -0.15) is 0 Å². The van der Waals surface area contributed by atoms with Gasteiger partial charge in [-0.1, -0.05) is 18.2 Å². The normalized spacial score (nSPS) is 13.2. The van der Waals surface area contributed by atoms with Gasteiger partial charge < -0.3 is 20.2 Å². The molecule has 23 heavy (non-hydrogen) atoms. The summed E-state index contributed by atoms with van der Waals surface area (Å²) in [5, 5.41) is 2.73. The SMILES string of the molecule is COC(=O)C(Cc1ccc(C(=O)Nc2ccccc2)o1)C(C)N. The predicted octanol–water partition coefficient (Wildman–Crippen LogP) is 2.21. The Morgan fingerprint density at radius 2 is 1.91 bits per heavy atom. The number of hydrogen-bond donors (Lipinski definition) is 2. The average molecular weight is 316 g/mol. The number of rotatable bonds is 6. The maximum absolute atomic E-state index is 12.1. The molecule has 0 bridgehead atoms. The Kier molecular flexibility index (Phi) is 5.54. The number of furan rings is 1. The van der Waals surface area contributed by atoms with Crippen LogP contribution in [0.15, 0.2) is 46.9 Å². The Hall–Kier alpha value is -2.60. The molecule has 1 amide bonds. The fourth-order valence-electron chi connectivity index (χ4n) is 2.18. The molecular formula is C17H20N2O4. The third-order valence-electron chi connectivity index (χ3n) is 3.48. The van der Waals surface area contributed by atoms with Crippen LogP contribution < -0.4 is 11.1 Å². The second kappa shape index (κ2) is 7.60. The van der Waals surface area contributed by atoms with Crippen LogP contribution in [0.5, 0.6) is 0 Å². The minimum absolute atomic E-state index is 0.178. The molecule has 2 unspecified atom stereocenters. The first-order chi connectivity index (χ1) is 11.0. The second-order valence-corrected chi connectivity index (χ2v) is 5.28. The van der Waals surface area contributed by atoms with Crippen molar-refractivity contribution >= 4 is 17.6 Å². The number of amides is 1. The second-order valence-electron chi connectivity index (χ2n) is 5.28. The number of carbonyl (C=O) groups excluding carboxylic acids is 2. The van der Waals surface area contributed by atoms with E-state index in [2.05, 4.69) is 5.32 Å². The van der Waals surface area contributed by atoms with Crippen molar-refractivity contribution in [1.29, 1.82) is 0 Å². The Balaban J connectivity index is 2.05. The molecule has 2 rings (SSSR count). The van der Waals surface area contributed by atoms with E-state index in [1.165, 1.54) is 7.11 Å². The van der Waals surface area contributed by atoms with Crippen LogP contribution in [0.25, 0.3) is 0 Å². The van der Waals surface area contributed by atoms with Gasteiger partial charge in [-0.05, 0) is 31.2 Å². The van der Waals surface area contributed by atoms with Crippen LogP contribution >= 0.6 is 0 Å². The van der Waals surface area contributed by atoms with E-state index in [1.807, 2.05) is 18.2 Å². The van der Waals surface area contributed by atoms with Crippen LogP contribution in [0.1, 0.15) is 23.2 Å². The highest BCUT2D eigenvalue weighted by atomic mass is 16.5. The minimum atomic E-state index is -0.517. The van der Waals surface area contributed by atoms with E-state index in [4.69, 9.17) is 14.9 Å². The zero-order valence-corrected chi connectivity index (χ0v) is 13.1. The molecule has 6 heteroatoms. The molecule has 3 N–H and O–H groups in total. The largest absolute Gasteiger partial charge is 0.469 e. The zero-order chi connectivity index (χ0) is 16.8. The van der Waals surface area contributed by atoms with Crippen molar-refractivity contribution in [3.63, 3.8) is 0 Å². The monoisotopic (exact) mass is 316 g/mol. The van der Waals surface area contributed by atoms with Gasteiger partial charge in [-0.15, -0.1) is 0 Å². The van der Waals surface area contributed by atoms with Crippen LogP contribution in [0, 0.1) is 5.92 Å². The van der Waals surface area contributed by atoms with Crippen molar-refractivity contribution < 1.29 is 18.7 Å². The molecule has 0 aliphatic rings. The van der Waals surface area contributed by atoms with E-state index in [0.29, 0.717) is 11.4 Å². The highest BCUT2D eigenvalue weighted by Crippen LogP contribution is 2.17. The number of nitrogens with two attached hydrogens (primary N) is 1. The Labute approximate surface area is 134 Å². The number of hydrogen-bond acceptors (Lipinski definition) is 5. The number of esters is 1. The van der Waals surface area contributed by atoms with Crippen LogP contribution in [0.4, 0.5) is 5.69 Å². The van der Waals surface area contributed by atoms with E-state index >= 15 is 0 Å². The molecule has 0 saturated carbocycles. The van der Waals surface area contributed by atoms with Gasteiger partial charge in [0.25, 0.3) is 5.91 Å². The fraction of sp³-hybridized carbons (Fsp3) is 0.294. The van der Waals surface area contributed by atoms with Crippen molar-refractivity contribution in [1.82, 2.24) is 0 Å². The first kappa shape index (κ1) is 16.8. The molecule has 1 aromatic heterocycles. The molecule has 6 nitrogen and oxygen atoms in total. The summed E-state index contributed by atoms with van der Waals surface area (Å²) >= 11 is 0. The van der Waals surface area contributed by atoms with Crippen LogP contribution in [-0.2, 0) is 16.0 Å². The van der Waals surface area contributed by atoms with Gasteiger partial charge in [0.05, 0.1) is 13.0 Å². The van der Waals surface area contributed by atoms with Gasteiger partial charge in [0, 0.05) is 18.2 Å². The lowest BCUT2D eigenvalue weighted by molar-refractivity contribution is -0.146. The lowest BCUT2D eigenvalue weighted by atomic mass is 9.97. The summed E-state index contributed by atoms with van der Waals surface area (Å²) in [6.07, 6.45) is 0.281. The summed E-state index contributed by atoms with van der Waals surface area (Å²) in [5.74, 6) is -0.575. The van der Waals surface area contributed by atoms with Crippen molar-refractivity contribution in [2.24, 2.45) is 11.7 Å². The number of carbonyl (C=O) groups is 2. The summed E-state index contributed by atoms with van der Waals surface area (Å²) in [5.41, 5.74) is 6.49. The molecule has 0 aliphatic heterocycles. The molecule has 0 fully saturated rings. The summed E-state index contributed by atoms with van der Waals surface area (Å²) in [7, 11) is 1.32. The molecule has 1 aromatic carbocycles. The molecule has 2 aromatic rings. The van der Waals surface area contributed by atoms with Gasteiger partial charge in [0.1, 0.15) is 5.76 Å². The molecule has 0 radical (unpaired) electrons. The smallest absolute Gasteiger partial charge is 0.310 e. The number of methoxy groups -OCH3 is 1. The number of anilines is 1. The predicted molar refractivity (Wildman–Crippen MR) is 86.0 cm³/mol. The molecule has 0 saturated heterocycles. The van der Waals surface area contributed by atoms with Gasteiger partial charge in [-0.25, -0.2) is 0 Å². The molecule has 1 heterocycles. The summed E-state index contributed by atoms with van der Waals surface area (Å²) < 4.78 is 10.3. The Morgan fingerprint density at radius 1 is 1.22 bits per heavy atom. The summed E-state index contributed by atoms with van der Waals surface area (Å²) in [6.45, 7) is 1.73. The topological polar surface area (TPSA) is 94.6 Å². The third kappa shape index (κ3) is 4.43. The van der Waals surface area contributed by atoms with E-state index in [-0.39, 0.29) is 24.1 Å². The van der Waals surface area contributed by atoms with E-state index in [9.17, 15) is 9.59 Å². The van der Waals surface area contributed by atoms with E-state index in [0.717, 1.165) is 0 Å². The standard InChI is InChI=1S/C17H20N2O4/c1-11(18)14(17(21)22-2)10-13-8-9-15(23-13)16(20)19-12-6-4-3-5-7-12/h3-9,11,14H,10,18H2,1-2H3,(H,19,20). The first-order valence-electron chi connectivity index (χ1n) is 7.29. The van der Waals surface area contributed by atoms with Crippen molar-refractivity contribution in [3.8, 4) is 0 Å². The Bertz CT molecular complexity index is 664. The fourth-order valence-corrected chi connectivity index (χ4v) is 2.18. The maximum atomic E-state index is 12.1. The molecule has 0 spiro atoms. The molecular weight excluding hydrogens is 296 g/mol. The van der Waals surface area contributed by atoms with Crippen molar-refractivity contribution in [2.45, 2.75) is 19.4 Å². The average Bonchev–Trinajstić information content (AvgIpc) is 3.01. The van der Waals surface area contributed by atoms with E-state index < -0.39 is 11.9 Å². The van der Waals surface area contributed by atoms with Gasteiger partial charge in [-0.3, -0.25) is 9.59 Å². The van der Waals surface area contributed by atoms with Crippen LogP contribution in [0.3, 0.4) is 0 Å². The number of benzene rings is 1. The summed E-state index contributed by atoms with van der Waals surface area (Å²) in [4.78, 5) is 23.8.